The third kappa shape index (κ3) is 7.46. The zero-order valence-electron chi connectivity index (χ0n) is 27.0. The van der Waals surface area contributed by atoms with Crippen LogP contribution in [0, 0.1) is 18.4 Å². The van der Waals surface area contributed by atoms with Crippen LogP contribution in [0.1, 0.15) is 40.5 Å². The lowest BCUT2D eigenvalue weighted by Crippen LogP contribution is -2.38. The molecule has 1 aliphatic heterocycles. The van der Waals surface area contributed by atoms with E-state index in [1.54, 1.807) is 30.4 Å². The van der Waals surface area contributed by atoms with Crippen molar-refractivity contribution in [1.82, 2.24) is 9.55 Å². The summed E-state index contributed by atoms with van der Waals surface area (Å²) in [6.45, 7) is 8.34. The van der Waals surface area contributed by atoms with Gasteiger partial charge in [-0.3, -0.25) is 14.3 Å². The first-order valence-corrected chi connectivity index (χ1v) is 21.1. The van der Waals surface area contributed by atoms with Gasteiger partial charge < -0.3 is 14.6 Å². The summed E-state index contributed by atoms with van der Waals surface area (Å²) in [6.07, 6.45) is 3.39. The Balaban J connectivity index is 1.58. The van der Waals surface area contributed by atoms with Crippen molar-refractivity contribution in [2.24, 2.45) is 0 Å². The minimum Gasteiger partial charge on any atom is -0.390 e. The van der Waals surface area contributed by atoms with Crippen LogP contribution in [0.3, 0.4) is 0 Å². The van der Waals surface area contributed by atoms with Gasteiger partial charge in [0, 0.05) is 33.5 Å². The van der Waals surface area contributed by atoms with Crippen molar-refractivity contribution in [3.05, 3.63) is 128 Å². The van der Waals surface area contributed by atoms with Crippen LogP contribution < -0.4 is 11.2 Å². The minimum atomic E-state index is -1.55. The molecule has 5 rings (SSSR count). The molecule has 0 aliphatic carbocycles. The largest absolute Gasteiger partial charge is 0.390 e. The van der Waals surface area contributed by atoms with E-state index in [1.165, 1.54) is 10.8 Å². The van der Waals surface area contributed by atoms with Crippen molar-refractivity contribution in [1.29, 1.82) is 0 Å². The van der Waals surface area contributed by atoms with E-state index in [0.29, 0.717) is 5.56 Å². The topological polar surface area (TPSA) is 93.5 Å². The number of ether oxygens (including phenoxy) is 2. The van der Waals surface area contributed by atoms with E-state index in [2.05, 4.69) is 96.8 Å². The third-order valence-corrected chi connectivity index (χ3v) is 10.4. The van der Waals surface area contributed by atoms with Crippen LogP contribution >= 0.6 is 23.5 Å². The third-order valence-electron chi connectivity index (χ3n) is 7.99. The fourth-order valence-electron chi connectivity index (χ4n) is 5.49. The van der Waals surface area contributed by atoms with Gasteiger partial charge in [0.05, 0.1) is 12.7 Å². The monoisotopic (exact) mass is 672 g/mol. The Morgan fingerprint density at radius 2 is 1.46 bits per heavy atom. The molecule has 7 nitrogen and oxygen atoms in total. The van der Waals surface area contributed by atoms with Crippen molar-refractivity contribution in [2.75, 3.05) is 19.1 Å². The smallest absolute Gasteiger partial charge is 0.330 e. The number of aromatic nitrogens is 2. The number of thioether (sulfide) groups is 2. The number of benzene rings is 3. The molecule has 0 amide bonds. The van der Waals surface area contributed by atoms with Gasteiger partial charge in [-0.25, -0.2) is 4.79 Å². The Bertz CT molecular complexity index is 1790. The molecule has 3 atom stereocenters. The molecule has 1 aliphatic rings. The average molecular weight is 673 g/mol. The Morgan fingerprint density at radius 1 is 0.935 bits per heavy atom. The minimum absolute atomic E-state index is 0.0422. The van der Waals surface area contributed by atoms with Gasteiger partial charge in [-0.15, -0.1) is 29.1 Å². The zero-order valence-corrected chi connectivity index (χ0v) is 29.6. The average Bonchev–Trinajstić information content (AvgIpc) is 3.42. The summed E-state index contributed by atoms with van der Waals surface area (Å²) in [7, 11) is -1.55. The van der Waals surface area contributed by atoms with Gasteiger partial charge in [0.15, 0.2) is 0 Å². The highest BCUT2D eigenvalue weighted by Crippen LogP contribution is 2.43. The molecule has 0 radical (unpaired) electrons. The fourth-order valence-corrected chi connectivity index (χ4v) is 6.83. The van der Waals surface area contributed by atoms with Crippen molar-refractivity contribution in [3.8, 4) is 11.5 Å². The number of nitrogens with zero attached hydrogens (tertiary/aromatic N) is 1. The molecule has 1 aromatic heterocycles. The quantitative estimate of drug-likeness (QED) is 0.0951. The van der Waals surface area contributed by atoms with Crippen LogP contribution in [-0.4, -0.2) is 54.1 Å². The molecule has 1 fully saturated rings. The van der Waals surface area contributed by atoms with Crippen molar-refractivity contribution >= 4 is 31.6 Å². The number of rotatable bonds is 9. The van der Waals surface area contributed by atoms with Gasteiger partial charge in [-0.1, -0.05) is 62.0 Å². The second-order valence-corrected chi connectivity index (χ2v) is 18.9. The number of H-pyrrole nitrogens is 1. The van der Waals surface area contributed by atoms with Crippen LogP contribution in [0.5, 0.6) is 0 Å². The van der Waals surface area contributed by atoms with E-state index < -0.39 is 43.4 Å². The van der Waals surface area contributed by atoms with Crippen LogP contribution in [0.15, 0.2) is 98.4 Å². The standard InChI is InChI=1S/C36H40N2O5S2Si/c1-24-22-38(35(41)37-34(24)40)33-21-31(39)32(43-33)23-42-36(27-11-15-29(44-2)16-12-27,28-13-17-30(45-3)18-14-28)26-9-7-25(8-10-26)19-20-46(4,5)6/h7-18,22,31-33,39H,21,23H2,1-6H3,(H,37,40,41)/t31-,32+,33+/m0/s1. The SMILES string of the molecule is CSc1ccc(C(OC[C@H]2O[C@@H](n3cc(C)c(=O)[nH]c3=O)C[C@@H]2O)(c2ccc(C#C[Si](C)(C)C)cc2)c2ccc(SC)cc2)cc1. The summed E-state index contributed by atoms with van der Waals surface area (Å²) in [5.74, 6) is 3.35. The first kappa shape index (κ1) is 34.0. The molecule has 2 heterocycles. The maximum atomic E-state index is 12.6. The second-order valence-electron chi connectivity index (χ2n) is 12.4. The van der Waals surface area contributed by atoms with Gasteiger partial charge in [0.1, 0.15) is 26.0 Å². The molecule has 0 bridgehead atoms. The highest BCUT2D eigenvalue weighted by molar-refractivity contribution is 7.98. The van der Waals surface area contributed by atoms with Crippen LogP contribution in [0.4, 0.5) is 0 Å². The summed E-state index contributed by atoms with van der Waals surface area (Å²) in [5.41, 5.74) is 5.47. The molecule has 10 heteroatoms. The van der Waals surface area contributed by atoms with Gasteiger partial charge in [-0.05, 0) is 72.5 Å². The van der Waals surface area contributed by atoms with Crippen LogP contribution in [0.2, 0.25) is 19.6 Å². The Labute approximate surface area is 279 Å². The van der Waals surface area contributed by atoms with Gasteiger partial charge >= 0.3 is 5.69 Å². The lowest BCUT2D eigenvalue weighted by Gasteiger charge is -2.37. The Morgan fingerprint density at radius 3 is 1.96 bits per heavy atom. The Kier molecular flexibility index (Phi) is 10.5. The van der Waals surface area contributed by atoms with Gasteiger partial charge in [0.25, 0.3) is 5.56 Å². The predicted molar refractivity (Wildman–Crippen MR) is 190 cm³/mol. The lowest BCUT2D eigenvalue weighted by molar-refractivity contribution is -0.0944. The summed E-state index contributed by atoms with van der Waals surface area (Å²) >= 11 is 3.34. The fraction of sp³-hybridized carbons (Fsp3) is 0.333. The molecule has 0 unspecified atom stereocenters. The number of aromatic amines is 1. The molecule has 1 saturated heterocycles. The summed E-state index contributed by atoms with van der Waals surface area (Å²) in [6, 6.07) is 24.9. The molecule has 3 aromatic carbocycles. The van der Waals surface area contributed by atoms with Crippen molar-refractivity contribution in [3.63, 3.8) is 0 Å². The number of nitrogens with one attached hydrogen (secondary N) is 1. The number of hydrogen-bond donors (Lipinski definition) is 2. The highest BCUT2D eigenvalue weighted by atomic mass is 32.2. The molecular formula is C36H40N2O5S2Si. The number of hydrogen-bond acceptors (Lipinski definition) is 7. The molecule has 240 valence electrons. The molecule has 46 heavy (non-hydrogen) atoms. The lowest BCUT2D eigenvalue weighted by atomic mass is 9.79. The highest BCUT2D eigenvalue weighted by Gasteiger charge is 2.42. The number of aliphatic hydroxyl groups is 1. The first-order valence-electron chi connectivity index (χ1n) is 15.2. The van der Waals surface area contributed by atoms with E-state index in [0.717, 1.165) is 32.0 Å². The second kappa shape index (κ2) is 14.2. The maximum absolute atomic E-state index is 12.6. The van der Waals surface area contributed by atoms with Gasteiger partial charge in [0.2, 0.25) is 0 Å². The van der Waals surface area contributed by atoms with E-state index in [9.17, 15) is 14.7 Å². The molecule has 4 aromatic rings. The predicted octanol–water partition coefficient (Wildman–Crippen LogP) is 6.17. The summed E-state index contributed by atoms with van der Waals surface area (Å²) in [5, 5.41) is 11.1. The van der Waals surface area contributed by atoms with E-state index in [-0.39, 0.29) is 13.0 Å². The van der Waals surface area contributed by atoms with Crippen LogP contribution in [-0.2, 0) is 15.1 Å². The van der Waals surface area contributed by atoms with E-state index in [4.69, 9.17) is 9.47 Å². The maximum Gasteiger partial charge on any atom is 0.330 e. The normalized spacial score (nSPS) is 18.3. The Hall–Kier alpha value is -3.30. The van der Waals surface area contributed by atoms with Gasteiger partial charge in [-0.2, -0.15) is 0 Å². The summed E-state index contributed by atoms with van der Waals surface area (Å²) < 4.78 is 14.6. The van der Waals surface area contributed by atoms with Crippen LogP contribution in [0.25, 0.3) is 0 Å². The van der Waals surface area contributed by atoms with E-state index in [1.807, 2.05) is 24.6 Å². The van der Waals surface area contributed by atoms with Crippen molar-refractivity contribution < 1.29 is 14.6 Å². The molecule has 0 saturated carbocycles. The molecular weight excluding hydrogens is 633 g/mol. The number of aliphatic hydroxyl groups excluding tert-OH is 1. The first-order chi connectivity index (χ1) is 21.9. The molecule has 0 spiro atoms. The zero-order chi connectivity index (χ0) is 33.1. The molecule has 2 N–H and O–H groups in total. The van der Waals surface area contributed by atoms with Crippen molar-refractivity contribution in [2.45, 2.75) is 66.8 Å². The van der Waals surface area contributed by atoms with E-state index >= 15 is 0 Å². The summed E-state index contributed by atoms with van der Waals surface area (Å²) in [4.78, 5) is 29.1. The number of aryl methyl sites for hydroxylation is 1.